The van der Waals surface area contributed by atoms with Crippen molar-refractivity contribution in [3.05, 3.63) is 30.6 Å². The van der Waals surface area contributed by atoms with E-state index in [1.807, 2.05) is 23.7 Å². The molecule has 0 saturated heterocycles. The molecule has 17 heavy (non-hydrogen) atoms. The summed E-state index contributed by atoms with van der Waals surface area (Å²) in [5.74, 6) is 0.568. The van der Waals surface area contributed by atoms with Crippen LogP contribution in [0.5, 0.6) is 0 Å². The number of aromatic nitrogens is 3. The minimum absolute atomic E-state index is 0.0228. The molecule has 0 bridgehead atoms. The number of hydrogen-bond acceptors (Lipinski definition) is 4. The van der Waals surface area contributed by atoms with Crippen LogP contribution < -0.4 is 11.1 Å². The molecule has 0 unspecified atom stereocenters. The highest BCUT2D eigenvalue weighted by molar-refractivity contribution is 5.92. The quantitative estimate of drug-likeness (QED) is 0.799. The van der Waals surface area contributed by atoms with Gasteiger partial charge >= 0.3 is 0 Å². The molecule has 0 fully saturated rings. The topological polar surface area (TPSA) is 85.8 Å². The Labute approximate surface area is 98.5 Å². The molecule has 2 rings (SSSR count). The lowest BCUT2D eigenvalue weighted by molar-refractivity contribution is -0.114. The predicted octanol–water partition coefficient (Wildman–Crippen LogP) is 0.379. The molecule has 0 aliphatic carbocycles. The van der Waals surface area contributed by atoms with Crippen molar-refractivity contribution in [2.45, 2.75) is 0 Å². The average molecular weight is 231 g/mol. The number of nitrogens with one attached hydrogen (secondary N) is 1. The van der Waals surface area contributed by atoms with E-state index in [9.17, 15) is 4.79 Å². The molecule has 6 nitrogen and oxygen atoms in total. The van der Waals surface area contributed by atoms with Gasteiger partial charge in [-0.3, -0.25) is 4.79 Å². The molecule has 88 valence electrons. The van der Waals surface area contributed by atoms with Gasteiger partial charge in [0, 0.05) is 18.3 Å². The van der Waals surface area contributed by atoms with Gasteiger partial charge < -0.3 is 15.6 Å². The fourth-order valence-corrected chi connectivity index (χ4v) is 1.46. The Morgan fingerprint density at radius 2 is 2.12 bits per heavy atom. The molecule has 0 aliphatic heterocycles. The van der Waals surface area contributed by atoms with E-state index in [0.717, 1.165) is 11.4 Å². The summed E-state index contributed by atoms with van der Waals surface area (Å²) in [6, 6.07) is 7.35. The molecule has 1 amide bonds. The van der Waals surface area contributed by atoms with Crippen molar-refractivity contribution in [1.82, 2.24) is 14.8 Å². The number of hydrogen-bond donors (Lipinski definition) is 2. The van der Waals surface area contributed by atoms with Gasteiger partial charge in [0.25, 0.3) is 0 Å². The van der Waals surface area contributed by atoms with Crippen LogP contribution in [0.4, 0.5) is 5.69 Å². The Hall–Kier alpha value is -2.21. The lowest BCUT2D eigenvalue weighted by Crippen LogP contribution is -2.21. The number of nitrogens with two attached hydrogens (primary N) is 1. The first-order valence-electron chi connectivity index (χ1n) is 5.15. The summed E-state index contributed by atoms with van der Waals surface area (Å²) in [5, 5.41) is 10.5. The zero-order chi connectivity index (χ0) is 12.3. The summed E-state index contributed by atoms with van der Waals surface area (Å²) in [6.07, 6.45) is 1.64. The van der Waals surface area contributed by atoms with Crippen molar-refractivity contribution in [3.63, 3.8) is 0 Å². The third-order valence-corrected chi connectivity index (χ3v) is 2.32. The third-order valence-electron chi connectivity index (χ3n) is 2.32. The van der Waals surface area contributed by atoms with Gasteiger partial charge in [-0.2, -0.15) is 0 Å². The Balaban J connectivity index is 2.19. The molecule has 0 saturated carbocycles. The molecular weight excluding hydrogens is 218 g/mol. The second-order valence-corrected chi connectivity index (χ2v) is 3.60. The van der Waals surface area contributed by atoms with Crippen molar-refractivity contribution < 1.29 is 4.79 Å². The van der Waals surface area contributed by atoms with Crippen LogP contribution in [0.15, 0.2) is 30.6 Å². The highest BCUT2D eigenvalue weighted by Gasteiger charge is 2.04. The fraction of sp³-hybridized carbons (Fsp3) is 0.182. The molecule has 1 aromatic carbocycles. The van der Waals surface area contributed by atoms with Gasteiger partial charge in [-0.25, -0.2) is 0 Å². The first-order chi connectivity index (χ1) is 8.20. The van der Waals surface area contributed by atoms with E-state index in [0.29, 0.717) is 5.69 Å². The number of amides is 1. The van der Waals surface area contributed by atoms with Crippen molar-refractivity contribution in [2.75, 3.05) is 11.9 Å². The zero-order valence-electron chi connectivity index (χ0n) is 9.42. The van der Waals surface area contributed by atoms with Gasteiger partial charge in [-0.05, 0) is 24.3 Å². The molecule has 0 atom stereocenters. The van der Waals surface area contributed by atoms with Gasteiger partial charge in [0.2, 0.25) is 5.91 Å². The van der Waals surface area contributed by atoms with E-state index >= 15 is 0 Å². The maximum absolute atomic E-state index is 11.1. The molecule has 0 aliphatic rings. The summed E-state index contributed by atoms with van der Waals surface area (Å²) in [6.45, 7) is -0.0228. The second kappa shape index (κ2) is 4.75. The molecule has 0 radical (unpaired) electrons. The van der Waals surface area contributed by atoms with E-state index in [1.165, 1.54) is 0 Å². The van der Waals surface area contributed by atoms with E-state index in [2.05, 4.69) is 15.5 Å². The summed E-state index contributed by atoms with van der Waals surface area (Å²) in [7, 11) is 1.87. The standard InChI is InChI=1S/C11H13N5O/c1-16-7-13-15-11(16)8-2-4-9(5-3-8)14-10(17)6-12/h2-5,7H,6,12H2,1H3,(H,14,17). The first kappa shape index (κ1) is 11.3. The summed E-state index contributed by atoms with van der Waals surface area (Å²) in [5.41, 5.74) is 6.87. The zero-order valence-corrected chi connectivity index (χ0v) is 9.42. The van der Waals surface area contributed by atoms with Crippen LogP contribution in [0, 0.1) is 0 Å². The lowest BCUT2D eigenvalue weighted by Gasteiger charge is -2.04. The highest BCUT2D eigenvalue weighted by Crippen LogP contribution is 2.18. The SMILES string of the molecule is Cn1cnnc1-c1ccc(NC(=O)CN)cc1. The minimum atomic E-state index is -0.212. The van der Waals surface area contributed by atoms with E-state index in [-0.39, 0.29) is 12.5 Å². The second-order valence-electron chi connectivity index (χ2n) is 3.60. The number of aryl methyl sites for hydroxylation is 1. The van der Waals surface area contributed by atoms with Crippen LogP contribution in [-0.2, 0) is 11.8 Å². The van der Waals surface area contributed by atoms with Crippen LogP contribution in [0.2, 0.25) is 0 Å². The number of benzene rings is 1. The first-order valence-corrected chi connectivity index (χ1v) is 5.15. The maximum Gasteiger partial charge on any atom is 0.238 e. The largest absolute Gasteiger partial charge is 0.325 e. The molecule has 6 heteroatoms. The Bertz CT molecular complexity index is 517. The summed E-state index contributed by atoms with van der Waals surface area (Å²) in [4.78, 5) is 11.1. The average Bonchev–Trinajstić information content (AvgIpc) is 2.76. The lowest BCUT2D eigenvalue weighted by atomic mass is 10.2. The minimum Gasteiger partial charge on any atom is -0.325 e. The normalized spacial score (nSPS) is 10.2. The smallest absolute Gasteiger partial charge is 0.238 e. The molecule has 1 aromatic heterocycles. The molecule has 1 heterocycles. The summed E-state index contributed by atoms with van der Waals surface area (Å²) < 4.78 is 1.83. The van der Waals surface area contributed by atoms with Crippen LogP contribution in [0.1, 0.15) is 0 Å². The van der Waals surface area contributed by atoms with Crippen LogP contribution >= 0.6 is 0 Å². The fourth-order valence-electron chi connectivity index (χ4n) is 1.46. The van der Waals surface area contributed by atoms with Gasteiger partial charge in [0.15, 0.2) is 5.82 Å². The summed E-state index contributed by atoms with van der Waals surface area (Å²) >= 11 is 0. The predicted molar refractivity (Wildman–Crippen MR) is 64.1 cm³/mol. The Morgan fingerprint density at radius 1 is 1.41 bits per heavy atom. The van der Waals surface area contributed by atoms with Crippen molar-refractivity contribution in [1.29, 1.82) is 0 Å². The molecular formula is C11H13N5O. The molecule has 2 aromatic rings. The highest BCUT2D eigenvalue weighted by atomic mass is 16.1. The van der Waals surface area contributed by atoms with Crippen LogP contribution in [-0.4, -0.2) is 27.2 Å². The Morgan fingerprint density at radius 3 is 2.65 bits per heavy atom. The van der Waals surface area contributed by atoms with E-state index in [1.54, 1.807) is 18.5 Å². The third kappa shape index (κ3) is 2.48. The van der Waals surface area contributed by atoms with Crippen LogP contribution in [0.3, 0.4) is 0 Å². The maximum atomic E-state index is 11.1. The van der Waals surface area contributed by atoms with Crippen LogP contribution in [0.25, 0.3) is 11.4 Å². The number of anilines is 1. The molecule has 3 N–H and O–H groups in total. The van der Waals surface area contributed by atoms with E-state index in [4.69, 9.17) is 5.73 Å². The van der Waals surface area contributed by atoms with Gasteiger partial charge in [-0.1, -0.05) is 0 Å². The number of rotatable bonds is 3. The van der Waals surface area contributed by atoms with Crippen molar-refractivity contribution in [3.8, 4) is 11.4 Å². The van der Waals surface area contributed by atoms with Crippen molar-refractivity contribution >= 4 is 11.6 Å². The van der Waals surface area contributed by atoms with E-state index < -0.39 is 0 Å². The van der Waals surface area contributed by atoms with Gasteiger partial charge in [-0.15, -0.1) is 10.2 Å². The van der Waals surface area contributed by atoms with Crippen molar-refractivity contribution in [2.24, 2.45) is 12.8 Å². The monoisotopic (exact) mass is 231 g/mol. The number of carbonyl (C=O) groups excluding carboxylic acids is 1. The number of carbonyl (C=O) groups is 1. The molecule has 0 spiro atoms. The number of nitrogens with zero attached hydrogens (tertiary/aromatic N) is 3. The Kier molecular flexibility index (Phi) is 3.15. The van der Waals surface area contributed by atoms with Gasteiger partial charge in [0.1, 0.15) is 6.33 Å². The van der Waals surface area contributed by atoms with Gasteiger partial charge in [0.05, 0.1) is 6.54 Å².